The highest BCUT2D eigenvalue weighted by atomic mass is 35.5. The van der Waals surface area contributed by atoms with Gasteiger partial charge in [-0.15, -0.1) is 0 Å². The number of nitrogens with one attached hydrogen (secondary N) is 2. The molecule has 0 spiro atoms. The summed E-state index contributed by atoms with van der Waals surface area (Å²) in [5.41, 5.74) is 2.00. The first-order valence-corrected chi connectivity index (χ1v) is 8.26. The van der Waals surface area contributed by atoms with Gasteiger partial charge >= 0.3 is 0 Å². The van der Waals surface area contributed by atoms with Crippen LogP contribution in [-0.4, -0.2) is 23.8 Å². The van der Waals surface area contributed by atoms with E-state index in [1.54, 1.807) is 12.1 Å². The van der Waals surface area contributed by atoms with Crippen molar-refractivity contribution in [2.75, 3.05) is 12.4 Å². The number of hydrogen-bond acceptors (Lipinski definition) is 4. The third kappa shape index (κ3) is 4.10. The summed E-state index contributed by atoms with van der Waals surface area (Å²) >= 11 is 5.93. The quantitative estimate of drug-likeness (QED) is 0.720. The zero-order valence-electron chi connectivity index (χ0n) is 14.0. The highest BCUT2D eigenvalue weighted by molar-refractivity contribution is 6.31. The molecule has 2 N–H and O–H groups in total. The van der Waals surface area contributed by atoms with Crippen LogP contribution in [0.1, 0.15) is 16.1 Å². The number of amides is 2. The topological polar surface area (TPSA) is 84.2 Å². The van der Waals surface area contributed by atoms with Crippen molar-refractivity contribution < 1.29 is 14.0 Å². The van der Waals surface area contributed by atoms with Crippen molar-refractivity contribution in [3.63, 3.8) is 0 Å². The van der Waals surface area contributed by atoms with Crippen LogP contribution in [0.2, 0.25) is 5.02 Å². The van der Waals surface area contributed by atoms with Gasteiger partial charge in [-0.2, -0.15) is 0 Å². The number of oxazole rings is 1. The lowest BCUT2D eigenvalue weighted by molar-refractivity contribution is -0.115. The Hall–Kier alpha value is -3.12. The van der Waals surface area contributed by atoms with Gasteiger partial charge < -0.3 is 15.1 Å². The summed E-state index contributed by atoms with van der Waals surface area (Å²) < 4.78 is 5.42. The van der Waals surface area contributed by atoms with Crippen molar-refractivity contribution in [3.8, 4) is 11.5 Å². The number of benzene rings is 2. The molecule has 3 rings (SSSR count). The Morgan fingerprint density at radius 3 is 2.65 bits per heavy atom. The Labute approximate surface area is 155 Å². The molecule has 0 aliphatic rings. The Kier molecular flexibility index (Phi) is 5.34. The zero-order valence-corrected chi connectivity index (χ0v) is 14.7. The lowest BCUT2D eigenvalue weighted by atomic mass is 10.1. The third-order valence-corrected chi connectivity index (χ3v) is 3.88. The first kappa shape index (κ1) is 17.7. The van der Waals surface area contributed by atoms with E-state index in [0.29, 0.717) is 27.9 Å². The molecule has 0 saturated heterocycles. The van der Waals surface area contributed by atoms with E-state index >= 15 is 0 Å². The predicted molar refractivity (Wildman–Crippen MR) is 99.1 cm³/mol. The van der Waals surface area contributed by atoms with Crippen molar-refractivity contribution >= 4 is 29.1 Å². The molecule has 0 atom stereocenters. The third-order valence-electron chi connectivity index (χ3n) is 3.64. The molecule has 2 amide bonds. The molecule has 132 valence electrons. The molecular formula is C19H16ClN3O3. The SMILES string of the molecule is CNC(=O)c1cc(Cl)ccc1NC(=O)Cc1coc(-c2ccccc2)n1. The van der Waals surface area contributed by atoms with Gasteiger partial charge in [-0.05, 0) is 30.3 Å². The van der Waals surface area contributed by atoms with Gasteiger partial charge in [0.25, 0.3) is 5.91 Å². The minimum atomic E-state index is -0.337. The Morgan fingerprint density at radius 2 is 1.92 bits per heavy atom. The molecule has 0 saturated carbocycles. The van der Waals surface area contributed by atoms with E-state index in [1.807, 2.05) is 30.3 Å². The number of carbonyl (C=O) groups is 2. The van der Waals surface area contributed by atoms with Crippen molar-refractivity contribution in [2.24, 2.45) is 0 Å². The largest absolute Gasteiger partial charge is 0.444 e. The van der Waals surface area contributed by atoms with Gasteiger partial charge in [0.1, 0.15) is 6.26 Å². The Balaban J connectivity index is 1.72. The second-order valence-electron chi connectivity index (χ2n) is 5.50. The lowest BCUT2D eigenvalue weighted by Gasteiger charge is -2.10. The number of anilines is 1. The van der Waals surface area contributed by atoms with Crippen molar-refractivity contribution in [2.45, 2.75) is 6.42 Å². The maximum absolute atomic E-state index is 12.3. The predicted octanol–water partition coefficient (Wildman–Crippen LogP) is 3.54. The average Bonchev–Trinajstić information content (AvgIpc) is 3.11. The fourth-order valence-electron chi connectivity index (χ4n) is 2.41. The van der Waals surface area contributed by atoms with Crippen LogP contribution in [0.4, 0.5) is 5.69 Å². The summed E-state index contributed by atoms with van der Waals surface area (Å²) in [6.07, 6.45) is 1.47. The number of aromatic nitrogens is 1. The van der Waals surface area contributed by atoms with Gasteiger partial charge in [-0.25, -0.2) is 4.98 Å². The highest BCUT2D eigenvalue weighted by Crippen LogP contribution is 2.22. The highest BCUT2D eigenvalue weighted by Gasteiger charge is 2.15. The van der Waals surface area contributed by atoms with Crippen LogP contribution >= 0.6 is 11.6 Å². The van der Waals surface area contributed by atoms with Crippen molar-refractivity contribution in [1.29, 1.82) is 0 Å². The van der Waals surface area contributed by atoms with Gasteiger partial charge in [-0.1, -0.05) is 29.8 Å². The first-order valence-electron chi connectivity index (χ1n) is 7.88. The molecule has 6 nitrogen and oxygen atoms in total. The second kappa shape index (κ2) is 7.84. The van der Waals surface area contributed by atoms with E-state index in [9.17, 15) is 9.59 Å². The summed E-state index contributed by atoms with van der Waals surface area (Å²) in [6, 6.07) is 14.1. The summed E-state index contributed by atoms with van der Waals surface area (Å²) in [5.74, 6) is -0.202. The van der Waals surface area contributed by atoms with Gasteiger partial charge in [0.15, 0.2) is 0 Å². The summed E-state index contributed by atoms with van der Waals surface area (Å²) in [5, 5.41) is 5.64. The van der Waals surface area contributed by atoms with E-state index in [2.05, 4.69) is 15.6 Å². The summed E-state index contributed by atoms with van der Waals surface area (Å²) in [6.45, 7) is 0. The molecule has 0 aliphatic carbocycles. The van der Waals surface area contributed by atoms with Gasteiger partial charge in [0, 0.05) is 17.6 Å². The average molecular weight is 370 g/mol. The van der Waals surface area contributed by atoms with Crippen molar-refractivity contribution in [1.82, 2.24) is 10.3 Å². The van der Waals surface area contributed by atoms with Crippen LogP contribution < -0.4 is 10.6 Å². The molecule has 0 unspecified atom stereocenters. The second-order valence-corrected chi connectivity index (χ2v) is 5.94. The van der Waals surface area contributed by atoms with Gasteiger partial charge in [0.05, 0.1) is 23.4 Å². The molecule has 0 radical (unpaired) electrons. The fraction of sp³-hybridized carbons (Fsp3) is 0.105. The van der Waals surface area contributed by atoms with E-state index in [0.717, 1.165) is 5.56 Å². The zero-order chi connectivity index (χ0) is 18.5. The molecule has 3 aromatic rings. The van der Waals surface area contributed by atoms with Crippen LogP contribution in [0.3, 0.4) is 0 Å². The van der Waals surface area contributed by atoms with Crippen LogP contribution in [0.15, 0.2) is 59.2 Å². The molecule has 1 heterocycles. The fourth-order valence-corrected chi connectivity index (χ4v) is 2.58. The number of hydrogen-bond donors (Lipinski definition) is 2. The summed E-state index contributed by atoms with van der Waals surface area (Å²) in [4.78, 5) is 28.6. The van der Waals surface area contributed by atoms with Crippen LogP contribution in [0.5, 0.6) is 0 Å². The molecule has 0 bridgehead atoms. The molecule has 0 aliphatic heterocycles. The first-order chi connectivity index (χ1) is 12.6. The maximum Gasteiger partial charge on any atom is 0.253 e. The van der Waals surface area contributed by atoms with Gasteiger partial charge in [0.2, 0.25) is 11.8 Å². The molecule has 0 fully saturated rings. The van der Waals surface area contributed by atoms with E-state index in [4.69, 9.17) is 16.0 Å². The van der Waals surface area contributed by atoms with E-state index in [-0.39, 0.29) is 18.2 Å². The monoisotopic (exact) mass is 369 g/mol. The van der Waals surface area contributed by atoms with Crippen molar-refractivity contribution in [3.05, 3.63) is 71.1 Å². The van der Waals surface area contributed by atoms with E-state index < -0.39 is 0 Å². The molecule has 26 heavy (non-hydrogen) atoms. The molecular weight excluding hydrogens is 354 g/mol. The smallest absolute Gasteiger partial charge is 0.253 e. The number of rotatable bonds is 5. The summed E-state index contributed by atoms with van der Waals surface area (Å²) in [7, 11) is 1.51. The molecule has 2 aromatic carbocycles. The maximum atomic E-state index is 12.3. The normalized spacial score (nSPS) is 10.4. The van der Waals surface area contributed by atoms with E-state index in [1.165, 1.54) is 19.4 Å². The van der Waals surface area contributed by atoms with Crippen LogP contribution in [0.25, 0.3) is 11.5 Å². The Morgan fingerprint density at radius 1 is 1.15 bits per heavy atom. The number of carbonyl (C=O) groups excluding carboxylic acids is 2. The molecule has 1 aromatic heterocycles. The molecule has 7 heteroatoms. The van der Waals surface area contributed by atoms with Crippen LogP contribution in [0, 0.1) is 0 Å². The lowest BCUT2D eigenvalue weighted by Crippen LogP contribution is -2.22. The number of nitrogens with zero attached hydrogens (tertiary/aromatic N) is 1. The number of halogens is 1. The van der Waals surface area contributed by atoms with Crippen LogP contribution in [-0.2, 0) is 11.2 Å². The van der Waals surface area contributed by atoms with Gasteiger partial charge in [-0.3, -0.25) is 9.59 Å². The minimum absolute atomic E-state index is 0.0200. The standard InChI is InChI=1S/C19H16ClN3O3/c1-21-18(25)15-9-13(20)7-8-16(15)23-17(24)10-14-11-26-19(22-14)12-5-3-2-4-6-12/h2-9,11H,10H2,1H3,(H,21,25)(H,23,24). The minimum Gasteiger partial charge on any atom is -0.444 e. The Bertz CT molecular complexity index is 938.